The van der Waals surface area contributed by atoms with E-state index in [-0.39, 0.29) is 40.5 Å². The highest BCUT2D eigenvalue weighted by Crippen LogP contribution is 2.54. The van der Waals surface area contributed by atoms with Crippen molar-refractivity contribution in [2.45, 2.75) is 232 Å². The smallest absolute Gasteiger partial charge is 0.252 e. The first-order chi connectivity index (χ1) is 50.6. The molecule has 2 aromatic heterocycles. The van der Waals surface area contributed by atoms with Gasteiger partial charge >= 0.3 is 0 Å². The summed E-state index contributed by atoms with van der Waals surface area (Å²) < 4.78 is 5.39. The van der Waals surface area contributed by atoms with Crippen LogP contribution in [0.1, 0.15) is 221 Å². The average Bonchev–Trinajstić information content (AvgIpc) is 0.860. The van der Waals surface area contributed by atoms with Crippen LogP contribution in [0.5, 0.6) is 0 Å². The molecule has 10 aromatic rings. The second-order valence-corrected chi connectivity index (χ2v) is 37.2. The van der Waals surface area contributed by atoms with Crippen LogP contribution in [0, 0.1) is 23.7 Å². The van der Waals surface area contributed by atoms with Crippen LogP contribution in [-0.4, -0.2) is 27.9 Å². The number of rotatable bonds is 9. The minimum atomic E-state index is -0.0707. The Bertz CT molecular complexity index is 4860. The van der Waals surface area contributed by atoms with Crippen molar-refractivity contribution in [1.82, 2.24) is 9.13 Å². The molecule has 0 N–H and O–H groups in total. The lowest BCUT2D eigenvalue weighted by Gasteiger charge is -2.53. The van der Waals surface area contributed by atoms with Crippen LogP contribution in [0.3, 0.4) is 0 Å². The van der Waals surface area contributed by atoms with Gasteiger partial charge in [-0.2, -0.15) is 0 Å². The van der Waals surface area contributed by atoms with E-state index >= 15 is 0 Å². The van der Waals surface area contributed by atoms with Crippen molar-refractivity contribution in [2.75, 3.05) is 9.80 Å². The summed E-state index contributed by atoms with van der Waals surface area (Å²) in [5.41, 5.74) is 32.1. The number of benzene rings is 8. The molecular weight excluding hydrogens is 1270 g/mol. The van der Waals surface area contributed by atoms with E-state index < -0.39 is 0 Å². The molecule has 5 heteroatoms. The van der Waals surface area contributed by atoms with Crippen molar-refractivity contribution in [3.63, 3.8) is 0 Å². The van der Waals surface area contributed by atoms with Crippen LogP contribution in [0.15, 0.2) is 223 Å². The van der Waals surface area contributed by atoms with E-state index in [1.807, 2.05) is 0 Å². The van der Waals surface area contributed by atoms with E-state index in [1.165, 1.54) is 192 Å². The van der Waals surface area contributed by atoms with Crippen LogP contribution in [0.25, 0.3) is 66.1 Å². The molecule has 0 radical (unpaired) electrons. The molecule has 0 bridgehead atoms. The van der Waals surface area contributed by atoms with Gasteiger partial charge in [0.25, 0.3) is 6.71 Å². The molecule has 8 aromatic carbocycles. The van der Waals surface area contributed by atoms with Crippen LogP contribution in [-0.2, 0) is 21.7 Å². The average molecular weight is 1380 g/mol. The Morgan fingerprint density at radius 3 is 1.10 bits per heavy atom. The van der Waals surface area contributed by atoms with Crippen molar-refractivity contribution in [3.05, 3.63) is 245 Å². The van der Waals surface area contributed by atoms with E-state index in [0.717, 1.165) is 51.4 Å². The normalized spacial score (nSPS) is 22.3. The molecule has 0 fully saturated rings. The summed E-state index contributed by atoms with van der Waals surface area (Å²) in [6.07, 6.45) is 42.3. The predicted octanol–water partition coefficient (Wildman–Crippen LogP) is 25.3. The Kier molecular flexibility index (Phi) is 17.0. The molecule has 8 aliphatic rings. The maximum Gasteiger partial charge on any atom is 0.252 e. The highest BCUT2D eigenvalue weighted by atomic mass is 15.2. The minimum Gasteiger partial charge on any atom is -0.334 e. The molecule has 6 unspecified atom stereocenters. The Labute approximate surface area is 627 Å². The van der Waals surface area contributed by atoms with E-state index in [1.54, 1.807) is 22.3 Å². The van der Waals surface area contributed by atoms with E-state index in [2.05, 4.69) is 302 Å². The fourth-order valence-electron chi connectivity index (χ4n) is 20.9. The second kappa shape index (κ2) is 26.2. The maximum atomic E-state index is 3.08. The summed E-state index contributed by atoms with van der Waals surface area (Å²) >= 11 is 0. The zero-order valence-corrected chi connectivity index (χ0v) is 65.1. The van der Waals surface area contributed by atoms with Gasteiger partial charge in [-0.15, -0.1) is 0 Å². The van der Waals surface area contributed by atoms with Crippen molar-refractivity contribution in [1.29, 1.82) is 0 Å². The predicted molar refractivity (Wildman–Crippen MR) is 452 cm³/mol. The topological polar surface area (TPSA) is 16.3 Å². The van der Waals surface area contributed by atoms with Crippen LogP contribution in [0.2, 0.25) is 0 Å². The van der Waals surface area contributed by atoms with Gasteiger partial charge < -0.3 is 18.9 Å². The Morgan fingerprint density at radius 1 is 0.343 bits per heavy atom. The number of hydrogen-bond acceptors (Lipinski definition) is 2. The largest absolute Gasteiger partial charge is 0.334 e. The first-order valence-electron chi connectivity index (χ1n) is 41.0. The fraction of sp³-hybridized carbons (Fsp3) is 0.400. The third-order valence-electron chi connectivity index (χ3n) is 26.5. The monoisotopic (exact) mass is 1380 g/mol. The molecule has 105 heavy (non-hydrogen) atoms. The zero-order valence-electron chi connectivity index (χ0n) is 65.1. The lowest BCUT2D eigenvalue weighted by molar-refractivity contribution is 0.391. The van der Waals surface area contributed by atoms with Crippen molar-refractivity contribution in [3.8, 4) is 22.5 Å². The first kappa shape index (κ1) is 68.3. The highest BCUT2D eigenvalue weighted by molar-refractivity contribution is 7.00. The number of hydrogen-bond donors (Lipinski definition) is 0. The molecule has 0 amide bonds. The van der Waals surface area contributed by atoms with E-state index in [4.69, 9.17) is 0 Å². The second-order valence-electron chi connectivity index (χ2n) is 37.2. The van der Waals surface area contributed by atoms with E-state index in [9.17, 15) is 0 Å². The number of allylic oxidation sites excluding steroid dienone is 8. The van der Waals surface area contributed by atoms with Gasteiger partial charge in [-0.3, -0.25) is 0 Å². The highest BCUT2D eigenvalue weighted by Gasteiger charge is 2.51. The van der Waals surface area contributed by atoms with Gasteiger partial charge in [-0.25, -0.2) is 0 Å². The lowest BCUT2D eigenvalue weighted by atomic mass is 9.33. The summed E-state index contributed by atoms with van der Waals surface area (Å²) in [7, 11) is 0. The summed E-state index contributed by atoms with van der Waals surface area (Å²) in [6, 6.07) is 62.9. The standard InChI is InChI=1S/C100H111BN4/c1-97(2,3)70-44-50-80-81-51-45-71(98(4,5)6)59-87(81)102(86(80)58-70)74-48-54-84-90(62-74)104(95-76(65-32-20-14-21-33-65)40-28-41-77(95)66-34-22-15-23-35-66)92-56-69(64-30-18-13-19-31-64)57-93-94(92)101(84)85-55-49-75(103-88-60-72(99(7,8)9)46-52-82(88)83-53-47-73(61-89(83)103)100(10,11)12)63-91(85)105(93)96-78(67-36-24-16-25-37-67)42-29-43-79(96)68-38-26-17-27-39-68/h13-14,16,18-20,24,30-31,34,38,40,42,44-63,65,67,77,79,95-96H,15,17,21-23,25-29,32-33,35-37,39,41,43H2,1-12H3. The lowest BCUT2D eigenvalue weighted by Crippen LogP contribution is -2.65. The van der Waals surface area contributed by atoms with Crippen molar-refractivity contribution < 1.29 is 0 Å². The molecule has 4 nitrogen and oxygen atoms in total. The maximum absolute atomic E-state index is 3.08. The van der Waals surface area contributed by atoms with Crippen molar-refractivity contribution >= 4 is 89.5 Å². The first-order valence-corrected chi connectivity index (χ1v) is 41.0. The Morgan fingerprint density at radius 2 is 0.743 bits per heavy atom. The van der Waals surface area contributed by atoms with Crippen LogP contribution < -0.4 is 26.2 Å². The van der Waals surface area contributed by atoms with Gasteiger partial charge in [0, 0.05) is 67.5 Å². The summed E-state index contributed by atoms with van der Waals surface area (Å²) in [5, 5.41) is 5.26. The summed E-state index contributed by atoms with van der Waals surface area (Å²) in [6.45, 7) is 28.5. The molecule has 6 atom stereocenters. The zero-order chi connectivity index (χ0) is 72.0. The third kappa shape index (κ3) is 11.8. The Hall–Kier alpha value is -8.54. The van der Waals surface area contributed by atoms with Gasteiger partial charge in [0.1, 0.15) is 0 Å². The SMILES string of the molecule is CC(C)(C)c1ccc2c3ccc(C(C)(C)C)cc3n(-c3ccc4c(c3)N(C3C(C5CC=CCC5)=CCCC3C3=CCCCC3)c3cc(-c5ccccc5)cc5c3B4c3ccc(-n4c6cc(C(C)(C)C)ccc6c6ccc(C(C)(C)C)cc64)cc3N5C3C(C4CC=CCC4)=CCCC3C3=CCCCC3)c2c1. The van der Waals surface area contributed by atoms with Gasteiger partial charge in [-0.05, 0) is 271 Å². The quantitative estimate of drug-likeness (QED) is 0.106. The molecule has 0 saturated carbocycles. The molecule has 0 spiro atoms. The molecule has 2 aliphatic heterocycles. The molecular formula is C100H111BN4. The van der Waals surface area contributed by atoms with Gasteiger partial charge in [0.05, 0.1) is 34.2 Å². The molecule has 6 aliphatic carbocycles. The molecule has 0 saturated heterocycles. The van der Waals surface area contributed by atoms with Gasteiger partial charge in [0.2, 0.25) is 0 Å². The van der Waals surface area contributed by atoms with Gasteiger partial charge in [0.15, 0.2) is 0 Å². The van der Waals surface area contributed by atoms with Crippen LogP contribution >= 0.6 is 0 Å². The summed E-state index contributed by atoms with van der Waals surface area (Å²) in [5.74, 6) is 1.66. The Balaban J connectivity index is 0.986. The number of aromatic nitrogens is 2. The van der Waals surface area contributed by atoms with Gasteiger partial charge in [-0.1, -0.05) is 234 Å². The number of fused-ring (bicyclic) bond motifs is 10. The third-order valence-corrected chi connectivity index (χ3v) is 26.5. The summed E-state index contributed by atoms with van der Waals surface area (Å²) in [4.78, 5) is 6.16. The minimum absolute atomic E-state index is 0.0409. The number of nitrogens with zero attached hydrogens (tertiary/aromatic N) is 4. The number of anilines is 4. The van der Waals surface area contributed by atoms with Crippen molar-refractivity contribution in [2.24, 2.45) is 23.7 Å². The molecule has 4 heterocycles. The van der Waals surface area contributed by atoms with E-state index in [0.29, 0.717) is 23.7 Å². The fourth-order valence-corrected chi connectivity index (χ4v) is 20.9. The molecule has 534 valence electrons. The van der Waals surface area contributed by atoms with Crippen LogP contribution in [0.4, 0.5) is 22.7 Å². The molecule has 18 rings (SSSR count).